The van der Waals surface area contributed by atoms with Gasteiger partial charge >= 0.3 is 18.0 Å². The molecule has 0 radical (unpaired) electrons. The molecular formula is C22H21NO6. The minimum atomic E-state index is -1.13. The molecule has 0 bridgehead atoms. The van der Waals surface area contributed by atoms with Gasteiger partial charge in [0.1, 0.15) is 6.61 Å². The topological polar surface area (TPSA) is 93.1 Å². The van der Waals surface area contributed by atoms with E-state index in [2.05, 4.69) is 16.9 Å². The van der Waals surface area contributed by atoms with E-state index >= 15 is 0 Å². The Balaban J connectivity index is 1.48. The van der Waals surface area contributed by atoms with Crippen molar-refractivity contribution in [2.24, 2.45) is 11.8 Å². The molecule has 2 aliphatic rings. The SMILES string of the molecule is COC(=O)C1CN(C(=O)OCC2c3ccccc3-c3ccccc32)CC1C(=O)O. The summed E-state index contributed by atoms with van der Waals surface area (Å²) in [5.74, 6) is -3.73. The molecule has 0 spiro atoms. The van der Waals surface area contributed by atoms with Crippen molar-refractivity contribution in [2.75, 3.05) is 26.8 Å². The second kappa shape index (κ2) is 7.58. The first kappa shape index (κ1) is 19.0. The van der Waals surface area contributed by atoms with Crippen LogP contribution in [0.1, 0.15) is 17.0 Å². The summed E-state index contributed by atoms with van der Waals surface area (Å²) < 4.78 is 10.2. The Labute approximate surface area is 167 Å². The van der Waals surface area contributed by atoms with Gasteiger partial charge in [0.05, 0.1) is 18.9 Å². The third-order valence-corrected chi connectivity index (χ3v) is 5.74. The van der Waals surface area contributed by atoms with Crippen molar-refractivity contribution >= 4 is 18.0 Å². The highest BCUT2D eigenvalue weighted by molar-refractivity contribution is 5.84. The number of hydrogen-bond donors (Lipinski definition) is 1. The van der Waals surface area contributed by atoms with Crippen LogP contribution in [0.25, 0.3) is 11.1 Å². The van der Waals surface area contributed by atoms with E-state index in [1.807, 2.05) is 36.4 Å². The van der Waals surface area contributed by atoms with Crippen LogP contribution in [-0.4, -0.2) is 54.8 Å². The lowest BCUT2D eigenvalue weighted by atomic mass is 9.97. The molecule has 150 valence electrons. The average Bonchev–Trinajstić information content (AvgIpc) is 3.32. The van der Waals surface area contributed by atoms with Gasteiger partial charge in [0.2, 0.25) is 0 Å². The van der Waals surface area contributed by atoms with Crippen LogP contribution in [0.4, 0.5) is 4.79 Å². The van der Waals surface area contributed by atoms with Crippen LogP contribution < -0.4 is 0 Å². The summed E-state index contributed by atoms with van der Waals surface area (Å²) >= 11 is 0. The number of methoxy groups -OCH3 is 1. The van der Waals surface area contributed by atoms with Gasteiger partial charge in [-0.3, -0.25) is 9.59 Å². The zero-order valence-electron chi connectivity index (χ0n) is 15.9. The van der Waals surface area contributed by atoms with Gasteiger partial charge in [-0.1, -0.05) is 48.5 Å². The molecule has 4 rings (SSSR count). The van der Waals surface area contributed by atoms with Gasteiger partial charge in [-0.05, 0) is 22.3 Å². The van der Waals surface area contributed by atoms with Gasteiger partial charge in [0.25, 0.3) is 0 Å². The maximum atomic E-state index is 12.6. The molecule has 1 fully saturated rings. The molecule has 1 aliphatic carbocycles. The summed E-state index contributed by atoms with van der Waals surface area (Å²) in [4.78, 5) is 37.2. The molecule has 0 saturated carbocycles. The number of nitrogens with zero attached hydrogens (tertiary/aromatic N) is 1. The van der Waals surface area contributed by atoms with Gasteiger partial charge in [-0.25, -0.2) is 4.79 Å². The first-order valence-electron chi connectivity index (χ1n) is 9.41. The van der Waals surface area contributed by atoms with Crippen LogP contribution in [0.15, 0.2) is 48.5 Å². The lowest BCUT2D eigenvalue weighted by Gasteiger charge is -2.19. The number of carboxylic acids is 1. The second-order valence-electron chi connectivity index (χ2n) is 7.28. The number of benzene rings is 2. The van der Waals surface area contributed by atoms with E-state index in [0.717, 1.165) is 22.3 Å². The Kier molecular flexibility index (Phi) is 4.96. The molecule has 7 nitrogen and oxygen atoms in total. The van der Waals surface area contributed by atoms with Crippen LogP contribution in [0, 0.1) is 11.8 Å². The standard InChI is InChI=1S/C22H21NO6/c1-28-21(26)18-11-23(10-17(18)20(24)25)22(27)29-12-19-15-8-4-2-6-13(15)14-7-3-5-9-16(14)19/h2-9,17-19H,10-12H2,1H3,(H,24,25). The Morgan fingerprint density at radius 2 is 1.52 bits per heavy atom. The maximum absolute atomic E-state index is 12.6. The van der Waals surface area contributed by atoms with E-state index in [0.29, 0.717) is 0 Å². The molecule has 0 aromatic heterocycles. The molecule has 2 unspecified atom stereocenters. The number of fused-ring (bicyclic) bond motifs is 3. The zero-order valence-corrected chi connectivity index (χ0v) is 15.9. The normalized spacial score (nSPS) is 20.1. The van der Waals surface area contributed by atoms with Gasteiger partial charge in [-0.15, -0.1) is 0 Å². The minimum Gasteiger partial charge on any atom is -0.481 e. The third-order valence-electron chi connectivity index (χ3n) is 5.74. The highest BCUT2D eigenvalue weighted by Crippen LogP contribution is 2.44. The fourth-order valence-corrected chi connectivity index (χ4v) is 4.28. The lowest BCUT2D eigenvalue weighted by molar-refractivity contribution is -0.153. The highest BCUT2D eigenvalue weighted by atomic mass is 16.6. The minimum absolute atomic E-state index is 0.0275. The number of hydrogen-bond acceptors (Lipinski definition) is 5. The van der Waals surface area contributed by atoms with Crippen molar-refractivity contribution in [3.63, 3.8) is 0 Å². The smallest absolute Gasteiger partial charge is 0.409 e. The van der Waals surface area contributed by atoms with Crippen molar-refractivity contribution < 1.29 is 29.0 Å². The summed E-state index contributed by atoms with van der Waals surface area (Å²) in [5, 5.41) is 9.36. The summed E-state index contributed by atoms with van der Waals surface area (Å²) in [6, 6.07) is 16.0. The number of rotatable bonds is 4. The summed E-state index contributed by atoms with van der Waals surface area (Å²) in [6.07, 6.45) is -0.621. The van der Waals surface area contributed by atoms with Crippen molar-refractivity contribution in [1.82, 2.24) is 4.90 Å². The fourth-order valence-electron chi connectivity index (χ4n) is 4.28. The predicted octanol–water partition coefficient (Wildman–Crippen LogP) is 2.74. The average molecular weight is 395 g/mol. The molecule has 7 heteroatoms. The van der Waals surface area contributed by atoms with E-state index in [-0.39, 0.29) is 25.6 Å². The van der Waals surface area contributed by atoms with Gasteiger partial charge in [0.15, 0.2) is 0 Å². The first-order valence-corrected chi connectivity index (χ1v) is 9.41. The maximum Gasteiger partial charge on any atom is 0.409 e. The number of esters is 1. The van der Waals surface area contributed by atoms with Crippen molar-refractivity contribution in [3.8, 4) is 11.1 Å². The quantitative estimate of drug-likeness (QED) is 0.800. The van der Waals surface area contributed by atoms with Gasteiger partial charge in [0, 0.05) is 19.0 Å². The van der Waals surface area contributed by atoms with E-state index in [1.54, 1.807) is 0 Å². The molecule has 29 heavy (non-hydrogen) atoms. The number of carbonyl (C=O) groups excluding carboxylic acids is 2. The molecule has 1 N–H and O–H groups in total. The fraction of sp³-hybridized carbons (Fsp3) is 0.318. The highest BCUT2D eigenvalue weighted by Gasteiger charge is 2.45. The summed E-state index contributed by atoms with van der Waals surface area (Å²) in [6.45, 7) is 0.0378. The van der Waals surface area contributed by atoms with Crippen LogP contribution >= 0.6 is 0 Å². The number of carboxylic acid groups (broad SMARTS) is 1. The number of likely N-dealkylation sites (tertiary alicyclic amines) is 1. The Morgan fingerprint density at radius 1 is 0.966 bits per heavy atom. The molecule has 2 aromatic carbocycles. The molecule has 1 aliphatic heterocycles. The molecule has 1 heterocycles. The lowest BCUT2D eigenvalue weighted by Crippen LogP contribution is -2.31. The van der Waals surface area contributed by atoms with E-state index < -0.39 is 29.9 Å². The molecule has 1 saturated heterocycles. The predicted molar refractivity (Wildman–Crippen MR) is 103 cm³/mol. The van der Waals surface area contributed by atoms with E-state index in [4.69, 9.17) is 4.74 Å². The van der Waals surface area contributed by atoms with Crippen LogP contribution in [0.5, 0.6) is 0 Å². The number of ether oxygens (including phenoxy) is 2. The molecule has 1 amide bonds. The van der Waals surface area contributed by atoms with Crippen LogP contribution in [0.2, 0.25) is 0 Å². The number of carbonyl (C=O) groups is 3. The van der Waals surface area contributed by atoms with Crippen LogP contribution in [-0.2, 0) is 19.1 Å². The number of aliphatic carboxylic acids is 1. The van der Waals surface area contributed by atoms with Gasteiger partial charge < -0.3 is 19.5 Å². The van der Waals surface area contributed by atoms with E-state index in [1.165, 1.54) is 12.0 Å². The molecule has 2 aromatic rings. The monoisotopic (exact) mass is 395 g/mol. The Bertz CT molecular complexity index is 926. The van der Waals surface area contributed by atoms with Crippen LogP contribution in [0.3, 0.4) is 0 Å². The van der Waals surface area contributed by atoms with E-state index in [9.17, 15) is 19.5 Å². The first-order chi connectivity index (χ1) is 14.0. The van der Waals surface area contributed by atoms with Gasteiger partial charge in [-0.2, -0.15) is 0 Å². The second-order valence-corrected chi connectivity index (χ2v) is 7.28. The summed E-state index contributed by atoms with van der Waals surface area (Å²) in [5.41, 5.74) is 4.45. The Hall–Kier alpha value is -3.35. The third kappa shape index (κ3) is 3.33. The Morgan fingerprint density at radius 3 is 2.07 bits per heavy atom. The molecule has 2 atom stereocenters. The largest absolute Gasteiger partial charge is 0.481 e. The summed E-state index contributed by atoms with van der Waals surface area (Å²) in [7, 11) is 1.21. The zero-order chi connectivity index (χ0) is 20.5. The number of amides is 1. The molecular weight excluding hydrogens is 374 g/mol. The van der Waals surface area contributed by atoms with Crippen molar-refractivity contribution in [3.05, 3.63) is 59.7 Å². The van der Waals surface area contributed by atoms with Crippen molar-refractivity contribution in [2.45, 2.75) is 5.92 Å². The van der Waals surface area contributed by atoms with Crippen molar-refractivity contribution in [1.29, 1.82) is 0 Å².